The van der Waals surface area contributed by atoms with Crippen LogP contribution in [0.3, 0.4) is 0 Å². The van der Waals surface area contributed by atoms with E-state index in [4.69, 9.17) is 47.4 Å². The van der Waals surface area contributed by atoms with Crippen molar-refractivity contribution in [1.82, 2.24) is 19.6 Å². The molecule has 5 N–H and O–H groups in total. The maximum Gasteiger partial charge on any atom is 0.169 e. The van der Waals surface area contributed by atoms with Crippen molar-refractivity contribution < 1.29 is 79.2 Å². The van der Waals surface area contributed by atoms with Crippen LogP contribution in [0.4, 0.5) is 0 Å². The minimum Gasteiger partial charge on any atom is -0.497 e. The largest absolute Gasteiger partial charge is 0.497 e. The van der Waals surface area contributed by atoms with Crippen LogP contribution in [0, 0.1) is 34.0 Å². The van der Waals surface area contributed by atoms with E-state index in [1.165, 1.54) is 73.7 Å². The van der Waals surface area contributed by atoms with Gasteiger partial charge in [0.2, 0.25) is 0 Å². The van der Waals surface area contributed by atoms with Crippen LogP contribution in [0.25, 0.3) is 0 Å². The number of nitrogens with zero attached hydrogens (tertiary/aromatic N) is 4. The van der Waals surface area contributed by atoms with Gasteiger partial charge in [0, 0.05) is 142 Å². The van der Waals surface area contributed by atoms with Crippen LogP contribution in [-0.2, 0) is 119 Å². The summed E-state index contributed by atoms with van der Waals surface area (Å²) in [6.45, 7) is 8.80. The fourth-order valence-corrected chi connectivity index (χ4v) is 30.9. The number of halogens is 1. The van der Waals surface area contributed by atoms with Crippen LogP contribution in [0.1, 0.15) is 150 Å². The highest BCUT2D eigenvalue weighted by molar-refractivity contribution is 9.08. The molecule has 7 saturated carbocycles. The van der Waals surface area contributed by atoms with Crippen molar-refractivity contribution in [3.8, 4) is 23.0 Å². The minimum absolute atomic E-state index is 0. The lowest BCUT2D eigenvalue weighted by molar-refractivity contribution is -0.282. The van der Waals surface area contributed by atoms with E-state index >= 15 is 0 Å². The molecule has 21 atom stereocenters. The molecule has 22 aliphatic rings. The average molecular weight is 1740 g/mol. The average Bonchev–Trinajstić information content (AvgIpc) is 1.38. The molecule has 14 bridgehead atoms. The Bertz CT molecular complexity index is 5260. The molecule has 6 aromatic carbocycles. The number of alkyl halides is 1. The number of piperidine rings is 4. The molecular weight excluding hydrogens is 1620 g/mol. The highest BCUT2D eigenvalue weighted by Crippen LogP contribution is 2.80. The van der Waals surface area contributed by atoms with E-state index in [9.17, 15) is 30.3 Å². The number of methoxy groups -OCH3 is 4. The van der Waals surface area contributed by atoms with Gasteiger partial charge in [-0.15, -0.1) is 0 Å². The molecule has 4 unspecified atom stereocenters. The highest BCUT2D eigenvalue weighted by atomic mass is 79.9. The van der Waals surface area contributed by atoms with E-state index in [1.807, 2.05) is 49.6 Å². The van der Waals surface area contributed by atoms with Crippen molar-refractivity contribution >= 4 is 28.5 Å². The summed E-state index contributed by atoms with van der Waals surface area (Å²) >= 11 is 3.36. The van der Waals surface area contributed by atoms with Gasteiger partial charge in [0.25, 0.3) is 0 Å². The number of fused-ring (bicyclic) bond motifs is 5. The first-order valence-electron chi connectivity index (χ1n) is 45.0. The van der Waals surface area contributed by atoms with E-state index in [0.29, 0.717) is 43.7 Å². The first-order valence-corrected chi connectivity index (χ1v) is 46.1. The molecule has 123 heavy (non-hydrogen) atoms. The monoisotopic (exact) mass is 1740 g/mol. The van der Waals surface area contributed by atoms with Gasteiger partial charge >= 0.3 is 0 Å². The van der Waals surface area contributed by atoms with Crippen LogP contribution in [-0.4, -0.2) is 219 Å². The first-order chi connectivity index (χ1) is 59.8. The number of carbonyl (C=O) groups excluding carboxylic acids is 2. The number of carbonyl (C=O) groups is 2. The van der Waals surface area contributed by atoms with Crippen LogP contribution in [0.15, 0.2) is 157 Å². The molecule has 6 aromatic rings. The third-order valence-electron chi connectivity index (χ3n) is 35.6. The molecule has 0 aromatic heterocycles. The van der Waals surface area contributed by atoms with Crippen molar-refractivity contribution in [2.45, 2.75) is 222 Å². The minimum atomic E-state index is -0.732. The molecule has 21 heteroatoms. The van der Waals surface area contributed by atoms with E-state index in [0.717, 1.165) is 179 Å². The second kappa shape index (κ2) is 30.9. The molecule has 0 amide bonds. The molecule has 28 rings (SSSR count). The molecule has 11 fully saturated rings. The number of aliphatic hydroxyl groups excluding tert-OH is 5. The normalized spacial score (nSPS) is 38.0. The van der Waals surface area contributed by atoms with Gasteiger partial charge in [0.15, 0.2) is 6.10 Å². The topological polar surface area (TPSA) is 231 Å². The smallest absolute Gasteiger partial charge is 0.169 e. The summed E-state index contributed by atoms with van der Waals surface area (Å²) < 4.78 is 57.8. The van der Waals surface area contributed by atoms with Crippen molar-refractivity contribution in [3.05, 3.63) is 235 Å². The zero-order valence-corrected chi connectivity index (χ0v) is 74.1. The molecule has 4 saturated heterocycles. The SMILES string of the molecule is BrCc1ccccc1.C=CC=O.COC1=CC=C2[C@H]3Cc4ccc(CO)c5c4[C@@]2(CCN3C)C1O5.CO[C@]12C=C[C@@]3(C[C@@H]1C=O)[C@H]1Cc4ccc(CO)c5c4[C@@]3(CCN1C)C2O5.CO[C@]12CC[C@@]3(C[C@@H]1CO)[C@H]1Cc4ccc(CO)c5c4[C@@]3(CCN1C)C2O5.CO[C@]12CC[C@@]3(C[C@@H]1COCc1ccccc1)[C@H]1Cc4ccc(CO)c5c4[C@@]3(CCN1C)C2O5.[HH]. The molecular formula is C102H123BrN4O16. The molecule has 0 radical (unpaired) electrons. The van der Waals surface area contributed by atoms with Crippen molar-refractivity contribution in [2.24, 2.45) is 34.0 Å². The third kappa shape index (κ3) is 10.9. The van der Waals surface area contributed by atoms with Crippen molar-refractivity contribution in [2.75, 3.05) is 96.0 Å². The summed E-state index contributed by atoms with van der Waals surface area (Å²) in [5, 5.41) is 51.1. The van der Waals surface area contributed by atoms with E-state index in [2.05, 4.69) is 161 Å². The summed E-state index contributed by atoms with van der Waals surface area (Å²) in [5.41, 5.74) is 16.8. The summed E-state index contributed by atoms with van der Waals surface area (Å²) in [6, 6.07) is 39.5. The van der Waals surface area contributed by atoms with Crippen LogP contribution < -0.4 is 18.9 Å². The number of benzene rings is 6. The summed E-state index contributed by atoms with van der Waals surface area (Å²) in [6.07, 6.45) is 26.8. The molecule has 654 valence electrons. The fourth-order valence-electron chi connectivity index (χ4n) is 30.5. The van der Waals surface area contributed by atoms with Crippen LogP contribution in [0.2, 0.25) is 0 Å². The summed E-state index contributed by atoms with van der Waals surface area (Å²) in [7, 11) is 16.1. The summed E-state index contributed by atoms with van der Waals surface area (Å²) in [5.74, 6) is 4.71. The maximum absolute atomic E-state index is 12.1. The van der Waals surface area contributed by atoms with Gasteiger partial charge in [-0.3, -0.25) is 9.69 Å². The lowest BCUT2D eigenvalue weighted by Crippen LogP contribution is -2.81. The fraction of sp³-hybridized carbons (Fsp3) is 0.549. The Morgan fingerprint density at radius 3 is 1.46 bits per heavy atom. The second-order valence-corrected chi connectivity index (χ2v) is 39.6. The zero-order chi connectivity index (χ0) is 85.3. The van der Waals surface area contributed by atoms with Crippen molar-refractivity contribution in [1.29, 1.82) is 0 Å². The number of aldehydes is 2. The van der Waals surface area contributed by atoms with E-state index in [-0.39, 0.29) is 120 Å². The van der Waals surface area contributed by atoms with E-state index < -0.39 is 11.2 Å². The Balaban J connectivity index is 0.000000104. The Hall–Kier alpha value is -7.42. The maximum atomic E-state index is 12.1. The van der Waals surface area contributed by atoms with E-state index in [1.54, 1.807) is 21.3 Å². The first kappa shape index (κ1) is 83.8. The van der Waals surface area contributed by atoms with Gasteiger partial charge in [-0.05, 0) is 202 Å². The van der Waals surface area contributed by atoms with Gasteiger partial charge in [0.05, 0.1) is 63.5 Å². The Morgan fingerprint density at radius 2 is 0.976 bits per heavy atom. The number of hydrogen-bond acceptors (Lipinski definition) is 20. The van der Waals surface area contributed by atoms with Gasteiger partial charge in [0.1, 0.15) is 76.4 Å². The number of ether oxygens (including phenoxy) is 9. The van der Waals surface area contributed by atoms with Gasteiger partial charge < -0.3 is 87.7 Å². The van der Waals surface area contributed by atoms with Gasteiger partial charge in [-0.2, -0.15) is 0 Å². The molecule has 20 nitrogen and oxygen atoms in total. The number of likely N-dealkylation sites (N-methyl/N-ethyl adjacent to an activating group) is 4. The number of aliphatic hydroxyl groups is 5. The predicted molar refractivity (Wildman–Crippen MR) is 471 cm³/mol. The highest BCUT2D eigenvalue weighted by Gasteiger charge is 2.84. The Labute approximate surface area is 733 Å². The number of hydrogen-bond donors (Lipinski definition) is 5. The standard InChI is InChI=1S/C29H35NO4.C22H29NO4.C22H25NO4.C19H21NO3.C7H7Br.C3H4O.H2/c1-30-13-12-28-24-20-8-9-21(16-31)25(24)34-26(28)29(32-2)11-10-27(28,23(30)14-20)15-22(29)18-33-17-19-6-4-3-5-7-19;2*1-23-8-7-21-17-13-3-4-14(11-24)18(17)27-19(21)22(26-2)6-5-20(21,16(23)9-13)10-15(22)12-25;1-20-8-7-19-13-5-6-15(22-2)18(19)23-17-12(10-21)4-3-11(16(17)19)9-14(13)20;8-6-7-4-2-1-3-5-7;1-2-3-4;/h3-9,22-23,26,31H,10-18H2,1-2H3;3-4,15-16,19,24-25H,5-12H2,1-2H3;3-6,12,15-16,19,24H,7-11H2,1-2H3;3-6,14,18,21H,7-10H2,1-2H3;1-5H,6H2;2-3H,1H2;1H/t22-,23-,26?,27-,28+,29-;2*15-,16-,19?,20-,21+,22-;14-,18?,19+;;;/m1111.../s1. The van der Waals surface area contributed by atoms with Crippen LogP contribution in [0.5, 0.6) is 23.0 Å². The van der Waals surface area contributed by atoms with Crippen LogP contribution >= 0.6 is 15.9 Å². The third-order valence-corrected chi connectivity index (χ3v) is 36.3. The second-order valence-electron chi connectivity index (χ2n) is 39.0. The van der Waals surface area contributed by atoms with Crippen molar-refractivity contribution in [3.63, 3.8) is 0 Å². The number of allylic oxidation sites excluding steroid dienone is 3. The van der Waals surface area contributed by atoms with Gasteiger partial charge in [-0.25, -0.2) is 0 Å². The lowest BCUT2D eigenvalue weighted by Gasteiger charge is -2.73. The zero-order valence-electron chi connectivity index (χ0n) is 72.5. The predicted octanol–water partition coefficient (Wildman–Crippen LogP) is 12.2. The Kier molecular flexibility index (Phi) is 21.1. The summed E-state index contributed by atoms with van der Waals surface area (Å²) in [4.78, 5) is 31.3. The molecule has 7 spiro atoms. The molecule has 8 aliphatic heterocycles. The number of likely N-dealkylation sites (tertiary alicyclic amines) is 4. The number of rotatable bonds is 16. The Morgan fingerprint density at radius 1 is 0.504 bits per heavy atom. The quantitative estimate of drug-likeness (QED) is 0.0262. The molecule has 8 heterocycles. The van der Waals surface area contributed by atoms with Gasteiger partial charge in [-0.1, -0.05) is 150 Å². The lowest BCUT2D eigenvalue weighted by atomic mass is 9.35. The molecule has 14 aliphatic carbocycles.